The van der Waals surface area contributed by atoms with Crippen molar-refractivity contribution in [2.24, 2.45) is 0 Å². The van der Waals surface area contributed by atoms with Crippen LogP contribution in [0.25, 0.3) is 11.1 Å². The van der Waals surface area contributed by atoms with Gasteiger partial charge in [0.15, 0.2) is 0 Å². The highest BCUT2D eigenvalue weighted by molar-refractivity contribution is 5.97. The molecule has 0 spiro atoms. The van der Waals surface area contributed by atoms with Gasteiger partial charge in [-0.25, -0.2) is 0 Å². The minimum atomic E-state index is -1.47. The second kappa shape index (κ2) is 28.4. The number of hydrogen-bond donors (Lipinski definition) is 9. The molecular weight excluding hydrogens is 863 g/mol. The first-order valence-electron chi connectivity index (χ1n) is 23.8. The van der Waals surface area contributed by atoms with Crippen LogP contribution >= 0.6 is 0 Å². The molecule has 3 rings (SSSR count). The molecule has 0 aromatic heterocycles. The molecule has 18 nitrogen and oxygen atoms in total. The van der Waals surface area contributed by atoms with Gasteiger partial charge in [-0.1, -0.05) is 96.1 Å². The summed E-state index contributed by atoms with van der Waals surface area (Å²) in [5, 5.41) is 54.3. The predicted molar refractivity (Wildman–Crippen MR) is 253 cm³/mol. The van der Waals surface area contributed by atoms with Crippen molar-refractivity contribution >= 4 is 41.4 Å². The van der Waals surface area contributed by atoms with Gasteiger partial charge in [-0.2, -0.15) is 0 Å². The van der Waals surface area contributed by atoms with Crippen LogP contribution in [0.15, 0.2) is 36.4 Å². The fourth-order valence-electron chi connectivity index (χ4n) is 7.89. The number of phenolic OH excluding ortho intramolecular Hbond substituents is 2. The molecule has 7 amide bonds. The van der Waals surface area contributed by atoms with E-state index in [4.69, 9.17) is 0 Å². The fraction of sp³-hybridized carbons (Fsp3) is 0.612. The summed E-state index contributed by atoms with van der Waals surface area (Å²) in [6, 6.07) is 1.49. The van der Waals surface area contributed by atoms with Gasteiger partial charge in [-0.05, 0) is 62.6 Å². The lowest BCUT2D eigenvalue weighted by atomic mass is 9.93. The highest BCUT2D eigenvalue weighted by Gasteiger charge is 2.34. The van der Waals surface area contributed by atoms with Gasteiger partial charge >= 0.3 is 0 Å². The van der Waals surface area contributed by atoms with E-state index >= 15 is 0 Å². The summed E-state index contributed by atoms with van der Waals surface area (Å²) in [5.74, 6) is -5.35. The van der Waals surface area contributed by atoms with Gasteiger partial charge in [0, 0.05) is 44.1 Å². The number of aliphatic hydroxyl groups excluding tert-OH is 2. The molecule has 4 bridgehead atoms. The number of rotatable bonds is 25. The van der Waals surface area contributed by atoms with Gasteiger partial charge in [0.25, 0.3) is 0 Å². The van der Waals surface area contributed by atoms with Gasteiger partial charge in [0.05, 0.1) is 19.8 Å². The number of aliphatic hydroxyl groups is 2. The molecule has 1 aliphatic heterocycles. The Labute approximate surface area is 395 Å². The number of likely N-dealkylation sites (N-methyl/N-ethyl adjacent to an activating group) is 2. The van der Waals surface area contributed by atoms with E-state index < -0.39 is 84.8 Å². The quantitative estimate of drug-likeness (QED) is 0.0653. The Hall–Kier alpha value is -5.75. The van der Waals surface area contributed by atoms with Crippen molar-refractivity contribution in [3.05, 3.63) is 47.5 Å². The average molecular weight is 938 g/mol. The van der Waals surface area contributed by atoms with Gasteiger partial charge in [-0.3, -0.25) is 33.6 Å². The summed E-state index contributed by atoms with van der Waals surface area (Å²) >= 11 is 0. The Morgan fingerprint density at radius 1 is 0.716 bits per heavy atom. The lowest BCUT2D eigenvalue weighted by Gasteiger charge is -2.30. The lowest BCUT2D eigenvalue weighted by Crippen LogP contribution is -2.56. The molecule has 0 saturated heterocycles. The Balaban J connectivity index is 1.64. The van der Waals surface area contributed by atoms with Crippen molar-refractivity contribution in [1.29, 1.82) is 0 Å². The van der Waals surface area contributed by atoms with Crippen LogP contribution in [0.4, 0.5) is 0 Å². The predicted octanol–water partition coefficient (Wildman–Crippen LogP) is 3.23. The number of carbonyl (C=O) groups is 7. The number of fused-ring (bicyclic) bond motifs is 5. The smallest absolute Gasteiger partial charge is 0.248 e. The van der Waals surface area contributed by atoms with Crippen LogP contribution in [0, 0.1) is 0 Å². The topological polar surface area (TPSA) is 267 Å². The van der Waals surface area contributed by atoms with Crippen LogP contribution < -0.4 is 26.6 Å². The molecule has 2 aromatic rings. The summed E-state index contributed by atoms with van der Waals surface area (Å²) in [5.41, 5.74) is 0.869. The molecule has 0 unspecified atom stereocenters. The van der Waals surface area contributed by atoms with E-state index in [2.05, 4.69) is 33.5 Å². The molecule has 0 fully saturated rings. The summed E-state index contributed by atoms with van der Waals surface area (Å²) in [6.07, 6.45) is 15.2. The third kappa shape index (κ3) is 17.4. The summed E-state index contributed by atoms with van der Waals surface area (Å²) in [7, 11) is 2.72. The Bertz CT molecular complexity index is 1980. The highest BCUT2D eigenvalue weighted by atomic mass is 16.3. The number of phenols is 2. The molecule has 2 aromatic carbocycles. The summed E-state index contributed by atoms with van der Waals surface area (Å²) < 4.78 is 0. The van der Waals surface area contributed by atoms with Gasteiger partial charge in [0.1, 0.15) is 41.7 Å². The number of benzene rings is 2. The Kier molecular flexibility index (Phi) is 23.6. The normalized spacial score (nSPS) is 17.4. The molecule has 372 valence electrons. The van der Waals surface area contributed by atoms with E-state index in [1.165, 1.54) is 121 Å². The third-order valence-electron chi connectivity index (χ3n) is 12.2. The molecule has 0 radical (unpaired) electrons. The van der Waals surface area contributed by atoms with Crippen LogP contribution in [0.1, 0.15) is 135 Å². The van der Waals surface area contributed by atoms with Gasteiger partial charge < -0.3 is 56.8 Å². The van der Waals surface area contributed by atoms with E-state index in [0.29, 0.717) is 12.0 Å². The van der Waals surface area contributed by atoms with E-state index in [9.17, 15) is 54.0 Å². The molecule has 0 saturated carbocycles. The molecule has 67 heavy (non-hydrogen) atoms. The number of unbranched alkanes of at least 4 members (excludes halogenated alkanes) is 12. The largest absolute Gasteiger partial charge is 0.507 e. The molecule has 1 heterocycles. The van der Waals surface area contributed by atoms with Gasteiger partial charge in [-0.15, -0.1) is 0 Å². The number of nitrogens with zero attached hydrogens (tertiary/aromatic N) is 2. The first-order valence-corrected chi connectivity index (χ1v) is 23.8. The zero-order valence-electron chi connectivity index (χ0n) is 40.2. The second-order valence-electron chi connectivity index (χ2n) is 17.8. The van der Waals surface area contributed by atoms with Crippen LogP contribution in [-0.4, -0.2) is 136 Å². The van der Waals surface area contributed by atoms with Crippen molar-refractivity contribution in [1.82, 2.24) is 36.4 Å². The molecule has 1 aliphatic rings. The molecule has 6 atom stereocenters. The van der Waals surface area contributed by atoms with Crippen LogP contribution in [-0.2, 0) is 40.0 Å². The fourth-order valence-corrected chi connectivity index (χ4v) is 7.89. The third-order valence-corrected chi connectivity index (χ3v) is 12.2. The van der Waals surface area contributed by atoms with E-state index in [1.54, 1.807) is 13.0 Å². The molecule has 9 N–H and O–H groups in total. The monoisotopic (exact) mass is 938 g/mol. The van der Waals surface area contributed by atoms with E-state index in [-0.39, 0.29) is 53.5 Å². The number of nitrogens with one attached hydrogen (secondary N) is 5. The van der Waals surface area contributed by atoms with Crippen molar-refractivity contribution in [2.75, 3.05) is 33.9 Å². The van der Waals surface area contributed by atoms with Crippen molar-refractivity contribution in [2.45, 2.75) is 160 Å². The molecule has 18 heteroatoms. The standard InChI is InChI=1S/C49H75N7O11/c1-7-8-9-10-11-12-13-14-15-16-17-18-19-20-42(61)55(5)39(30-58)48(66)52-32(3)45(63)50-28-43(62)56(6)44-35-22-24-41(60)37(27-35)36-25-34(21-23-40(36)59)26-38(47(65)51-31(2)29-57)54-46(64)33(4)53-49(44)67/h21-25,27,31-33,38-39,44,57-60H,7-20,26,28-30H2,1-6H3,(H,50,63)(H,51,65)(H,52,66)(H,53,67)(H,54,64)/t31-,32-,33+,38+,39-,44+/m1/s1. The first kappa shape index (κ1) is 55.6. The maximum atomic E-state index is 14.1. The van der Waals surface area contributed by atoms with Crippen molar-refractivity contribution in [3.63, 3.8) is 0 Å². The lowest BCUT2D eigenvalue weighted by molar-refractivity contribution is -0.142. The highest BCUT2D eigenvalue weighted by Crippen LogP contribution is 2.38. The van der Waals surface area contributed by atoms with Crippen LogP contribution in [0.2, 0.25) is 0 Å². The molecule has 0 aliphatic carbocycles. The SMILES string of the molecule is CCCCCCCCCCCCCCCC(=O)N(C)[C@H](CO)C(=O)N[C@H](C)C(=O)NCC(=O)N(C)[C@@H]1C(=O)N[C@@H](C)C(=O)N[C@H](C(=O)N[C@H](C)CO)Cc2ccc(O)c(c2)-c2cc1ccc2O. The van der Waals surface area contributed by atoms with Crippen molar-refractivity contribution < 1.29 is 54.0 Å². The number of hydrogen-bond acceptors (Lipinski definition) is 11. The summed E-state index contributed by atoms with van der Waals surface area (Å²) in [4.78, 5) is 96.1. The maximum absolute atomic E-state index is 14.1. The minimum Gasteiger partial charge on any atom is -0.507 e. The Morgan fingerprint density at radius 2 is 1.28 bits per heavy atom. The van der Waals surface area contributed by atoms with Crippen molar-refractivity contribution in [3.8, 4) is 22.6 Å². The second-order valence-corrected chi connectivity index (χ2v) is 17.8. The summed E-state index contributed by atoms with van der Waals surface area (Å²) in [6.45, 7) is 4.85. The minimum absolute atomic E-state index is 0.0592. The number of amides is 7. The van der Waals surface area contributed by atoms with Crippen LogP contribution in [0.3, 0.4) is 0 Å². The molecular formula is C49H75N7O11. The first-order chi connectivity index (χ1) is 31.9. The Morgan fingerprint density at radius 3 is 1.87 bits per heavy atom. The average Bonchev–Trinajstić information content (AvgIpc) is 3.30. The van der Waals surface area contributed by atoms with Crippen LogP contribution in [0.5, 0.6) is 11.5 Å². The zero-order chi connectivity index (χ0) is 49.6. The van der Waals surface area contributed by atoms with E-state index in [1.807, 2.05) is 0 Å². The van der Waals surface area contributed by atoms with Gasteiger partial charge in [0.2, 0.25) is 41.4 Å². The van der Waals surface area contributed by atoms with E-state index in [0.717, 1.165) is 24.2 Å². The number of aromatic hydroxyl groups is 2. The zero-order valence-corrected chi connectivity index (χ0v) is 40.2. The number of carbonyl (C=O) groups excluding carboxylic acids is 7. The maximum Gasteiger partial charge on any atom is 0.248 e.